The van der Waals surface area contributed by atoms with Gasteiger partial charge < -0.3 is 26.3 Å². The van der Waals surface area contributed by atoms with Crippen molar-refractivity contribution in [2.75, 3.05) is 24.6 Å². The van der Waals surface area contributed by atoms with Gasteiger partial charge in [-0.15, -0.1) is 23.5 Å². The summed E-state index contributed by atoms with van der Waals surface area (Å²) in [6.45, 7) is 1.05. The molecule has 0 saturated carbocycles. The van der Waals surface area contributed by atoms with Gasteiger partial charge in [-0.05, 0) is 37.2 Å². The summed E-state index contributed by atoms with van der Waals surface area (Å²) < 4.78 is 1.68. The van der Waals surface area contributed by atoms with E-state index in [-0.39, 0.29) is 23.9 Å². The molecule has 1 aromatic carbocycles. The Hall–Kier alpha value is -2.77. The summed E-state index contributed by atoms with van der Waals surface area (Å²) in [5, 5.41) is 17.9. The van der Waals surface area contributed by atoms with Crippen molar-refractivity contribution >= 4 is 70.4 Å². The standard InChI is InChI=1S/C25H25Cl2N5O5S2/c26-16-4-5-17(27)18(9-16)38-13-19(33)30-20-23(35)32-21(25(36)37)15(12-39-24(20)32)11-31-8-1-3-14(10-31)22(34)29-7-2-6-28/h1,3-5,8-10,20,24H,2,6-7,11-13,28H2,(H2-,29,30,33,34,36,37)/t20-,24-/m1/s1. The number of carbonyl (C=O) groups excluding carboxylic acids is 4. The molecule has 206 valence electrons. The molecule has 1 aromatic heterocycles. The minimum Gasteiger partial charge on any atom is -0.543 e. The van der Waals surface area contributed by atoms with Crippen molar-refractivity contribution in [3.8, 4) is 0 Å². The van der Waals surface area contributed by atoms with Gasteiger partial charge in [0.05, 0.1) is 22.4 Å². The van der Waals surface area contributed by atoms with Gasteiger partial charge >= 0.3 is 0 Å². The van der Waals surface area contributed by atoms with Crippen molar-refractivity contribution in [3.63, 3.8) is 0 Å². The highest BCUT2D eigenvalue weighted by atomic mass is 35.5. The fourth-order valence-electron chi connectivity index (χ4n) is 4.12. The molecule has 2 aromatic rings. The van der Waals surface area contributed by atoms with Crippen molar-refractivity contribution < 1.29 is 28.9 Å². The summed E-state index contributed by atoms with van der Waals surface area (Å²) >= 11 is 14.7. The van der Waals surface area contributed by atoms with Gasteiger partial charge in [0.25, 0.3) is 11.8 Å². The van der Waals surface area contributed by atoms with E-state index in [2.05, 4.69) is 10.6 Å². The number of nitrogens with one attached hydrogen (secondary N) is 2. The quantitative estimate of drug-likeness (QED) is 0.145. The van der Waals surface area contributed by atoms with Crippen LogP contribution in [0.5, 0.6) is 0 Å². The van der Waals surface area contributed by atoms with E-state index in [9.17, 15) is 24.3 Å². The Morgan fingerprint density at radius 2 is 2.05 bits per heavy atom. The molecule has 1 fully saturated rings. The van der Waals surface area contributed by atoms with Crippen molar-refractivity contribution in [3.05, 3.63) is 69.6 Å². The molecule has 10 nitrogen and oxygen atoms in total. The molecule has 2 atom stereocenters. The maximum absolute atomic E-state index is 12.9. The molecule has 2 aliphatic heterocycles. The number of nitrogens with two attached hydrogens (primary N) is 1. The average molecular weight is 611 g/mol. The summed E-state index contributed by atoms with van der Waals surface area (Å²) in [6, 6.07) is 7.40. The molecule has 2 aliphatic rings. The Morgan fingerprint density at radius 3 is 2.79 bits per heavy atom. The number of rotatable bonds is 11. The van der Waals surface area contributed by atoms with E-state index in [4.69, 9.17) is 28.9 Å². The molecule has 4 N–H and O–H groups in total. The van der Waals surface area contributed by atoms with Crippen LogP contribution in [0.15, 0.2) is 58.9 Å². The lowest BCUT2D eigenvalue weighted by molar-refractivity contribution is -0.689. The van der Waals surface area contributed by atoms with Crippen LogP contribution in [0.4, 0.5) is 0 Å². The number of benzene rings is 1. The summed E-state index contributed by atoms with van der Waals surface area (Å²) in [5.41, 5.74) is 6.12. The number of halogens is 2. The number of aromatic nitrogens is 1. The van der Waals surface area contributed by atoms with E-state index < -0.39 is 29.2 Å². The van der Waals surface area contributed by atoms with Gasteiger partial charge in [-0.3, -0.25) is 19.3 Å². The smallest absolute Gasteiger partial charge is 0.257 e. The Morgan fingerprint density at radius 1 is 1.26 bits per heavy atom. The van der Waals surface area contributed by atoms with Crippen LogP contribution in [0.25, 0.3) is 0 Å². The zero-order valence-electron chi connectivity index (χ0n) is 20.5. The van der Waals surface area contributed by atoms with Crippen LogP contribution in [0, 0.1) is 0 Å². The second-order valence-electron chi connectivity index (χ2n) is 8.72. The molecule has 0 aliphatic carbocycles. The largest absolute Gasteiger partial charge is 0.543 e. The number of nitrogens with zero attached hydrogens (tertiary/aromatic N) is 2. The predicted molar refractivity (Wildman–Crippen MR) is 147 cm³/mol. The zero-order chi connectivity index (χ0) is 28.1. The summed E-state index contributed by atoms with van der Waals surface area (Å²) in [4.78, 5) is 51.8. The van der Waals surface area contributed by atoms with Crippen LogP contribution < -0.4 is 26.0 Å². The summed E-state index contributed by atoms with van der Waals surface area (Å²) in [5.74, 6) is -2.36. The third kappa shape index (κ3) is 6.87. The number of fused-ring (bicyclic) bond motifs is 1. The number of β-lactam (4-membered cyclic amide) rings is 1. The van der Waals surface area contributed by atoms with Crippen LogP contribution in [0.3, 0.4) is 0 Å². The number of carboxylic acids is 1. The highest BCUT2D eigenvalue weighted by Gasteiger charge is 2.53. The number of aliphatic carboxylic acids is 1. The Balaban J connectivity index is 1.41. The summed E-state index contributed by atoms with van der Waals surface area (Å²) in [7, 11) is 0. The minimum absolute atomic E-state index is 0.00242. The van der Waals surface area contributed by atoms with Crippen molar-refractivity contribution in [2.24, 2.45) is 5.73 Å². The fraction of sp³-hybridized carbons (Fsp3) is 0.320. The Bertz CT molecular complexity index is 1340. The SMILES string of the molecule is NCCCNC(=O)c1ccc[n+](CC2=C(C(=O)[O-])N3C(=O)[C@@H](NC(=O)CSc4cc(Cl)ccc4Cl)[C@H]3SC2)c1. The normalized spacial score (nSPS) is 18.3. The van der Waals surface area contributed by atoms with Gasteiger partial charge in [-0.25, -0.2) is 4.57 Å². The maximum atomic E-state index is 12.9. The van der Waals surface area contributed by atoms with Crippen LogP contribution in [0.1, 0.15) is 16.8 Å². The van der Waals surface area contributed by atoms with Crippen molar-refractivity contribution in [1.82, 2.24) is 15.5 Å². The number of thioether (sulfide) groups is 2. The molecule has 14 heteroatoms. The first-order valence-corrected chi connectivity index (χ1v) is 14.7. The third-order valence-corrected chi connectivity index (χ3v) is 9.04. The first-order valence-electron chi connectivity index (χ1n) is 11.9. The monoisotopic (exact) mass is 609 g/mol. The molecular weight excluding hydrogens is 585 g/mol. The molecule has 4 rings (SSSR count). The van der Waals surface area contributed by atoms with E-state index in [1.165, 1.54) is 23.5 Å². The predicted octanol–water partition coefficient (Wildman–Crippen LogP) is 0.556. The van der Waals surface area contributed by atoms with Crippen LogP contribution >= 0.6 is 46.7 Å². The minimum atomic E-state index is -1.48. The van der Waals surface area contributed by atoms with E-state index in [1.807, 2.05) is 0 Å². The number of carboxylic acid groups (broad SMARTS) is 1. The maximum Gasteiger partial charge on any atom is 0.257 e. The van der Waals surface area contributed by atoms with Crippen molar-refractivity contribution in [2.45, 2.75) is 29.3 Å². The molecule has 0 spiro atoms. The molecule has 3 amide bonds. The molecule has 0 bridgehead atoms. The first-order chi connectivity index (χ1) is 18.7. The number of carbonyl (C=O) groups is 4. The van der Waals surface area contributed by atoms with E-state index in [0.717, 1.165) is 4.90 Å². The number of amides is 3. The molecule has 3 heterocycles. The van der Waals surface area contributed by atoms with Crippen LogP contribution in [-0.2, 0) is 20.9 Å². The van der Waals surface area contributed by atoms with E-state index in [1.54, 1.807) is 47.3 Å². The third-order valence-electron chi connectivity index (χ3n) is 5.97. The molecular formula is C25H25Cl2N5O5S2. The van der Waals surface area contributed by atoms with Gasteiger partial charge in [0.15, 0.2) is 18.9 Å². The highest BCUT2D eigenvalue weighted by molar-refractivity contribution is 8.00. The van der Waals surface area contributed by atoms with E-state index >= 15 is 0 Å². The lowest BCUT2D eigenvalue weighted by atomic mass is 10.0. The Kier molecular flexibility index (Phi) is 9.78. The lowest BCUT2D eigenvalue weighted by Crippen LogP contribution is -2.71. The van der Waals surface area contributed by atoms with Crippen LogP contribution in [0.2, 0.25) is 10.0 Å². The highest BCUT2D eigenvalue weighted by Crippen LogP contribution is 2.40. The molecule has 39 heavy (non-hydrogen) atoms. The number of hydrogen-bond acceptors (Lipinski definition) is 8. The van der Waals surface area contributed by atoms with Gasteiger partial charge in [-0.2, -0.15) is 0 Å². The zero-order valence-corrected chi connectivity index (χ0v) is 23.7. The van der Waals surface area contributed by atoms with Gasteiger partial charge in [0.2, 0.25) is 5.91 Å². The second-order valence-corrected chi connectivity index (χ2v) is 11.7. The van der Waals surface area contributed by atoms with Crippen LogP contribution in [-0.4, -0.2) is 64.6 Å². The van der Waals surface area contributed by atoms with Gasteiger partial charge in [0, 0.05) is 33.9 Å². The fourth-order valence-corrected chi connectivity index (χ4v) is 6.76. The molecule has 1 saturated heterocycles. The number of hydrogen-bond donors (Lipinski definition) is 3. The van der Waals surface area contributed by atoms with E-state index in [0.29, 0.717) is 51.3 Å². The Labute approximate surface area is 243 Å². The van der Waals surface area contributed by atoms with Crippen molar-refractivity contribution in [1.29, 1.82) is 0 Å². The lowest BCUT2D eigenvalue weighted by Gasteiger charge is -2.50. The first kappa shape index (κ1) is 29.2. The van der Waals surface area contributed by atoms with Gasteiger partial charge in [0.1, 0.15) is 17.0 Å². The summed E-state index contributed by atoms with van der Waals surface area (Å²) in [6.07, 6.45) is 3.97. The van der Waals surface area contributed by atoms with Gasteiger partial charge in [-0.1, -0.05) is 23.2 Å². The average Bonchev–Trinajstić information content (AvgIpc) is 2.92. The topological polar surface area (TPSA) is 149 Å². The molecule has 0 unspecified atom stereocenters. The molecule has 0 radical (unpaired) electrons. The number of pyridine rings is 1. The second kappa shape index (κ2) is 13.1.